The van der Waals surface area contributed by atoms with Gasteiger partial charge in [0.1, 0.15) is 0 Å². The van der Waals surface area contributed by atoms with Gasteiger partial charge in [0.15, 0.2) is 0 Å². The van der Waals surface area contributed by atoms with Crippen LogP contribution in [-0.4, -0.2) is 49.8 Å². The molecule has 0 rings (SSSR count). The third-order valence-corrected chi connectivity index (χ3v) is 6.76. The van der Waals surface area contributed by atoms with Crippen LogP contribution >= 0.6 is 0 Å². The van der Waals surface area contributed by atoms with Gasteiger partial charge in [0.05, 0.1) is 32.7 Å². The molecular weight excluding hydrogens is 500 g/mol. The number of hydrogen-bond acceptors (Lipinski definition) is 8. The van der Waals surface area contributed by atoms with E-state index < -0.39 is 36.4 Å². The third-order valence-electron chi connectivity index (χ3n) is 6.76. The van der Waals surface area contributed by atoms with E-state index in [9.17, 15) is 19.2 Å². The standard InChI is InChI=1S/C31H56O8/c1-4-7-10-13-16-19-22-36-28(33)25-31(39-27-32,30(35)38-24-21-18-15-12-9-6-3)26-29(34)37-23-20-17-14-11-8-5-2/h27H,4-26H2,1-3H3. The van der Waals surface area contributed by atoms with E-state index in [0.717, 1.165) is 83.5 Å². The lowest BCUT2D eigenvalue weighted by Crippen LogP contribution is -2.47. The predicted octanol–water partition coefficient (Wildman–Crippen LogP) is 7.39. The van der Waals surface area contributed by atoms with E-state index in [2.05, 4.69) is 20.8 Å². The van der Waals surface area contributed by atoms with Crippen molar-refractivity contribution < 1.29 is 38.1 Å². The first kappa shape index (κ1) is 36.9. The van der Waals surface area contributed by atoms with Crippen LogP contribution in [0.4, 0.5) is 0 Å². The summed E-state index contributed by atoms with van der Waals surface area (Å²) < 4.78 is 21.1. The smallest absolute Gasteiger partial charge is 0.351 e. The molecule has 0 saturated heterocycles. The van der Waals surface area contributed by atoms with E-state index in [1.807, 2.05) is 0 Å². The fraction of sp³-hybridized carbons (Fsp3) is 0.871. The second-order valence-electron chi connectivity index (χ2n) is 10.4. The molecule has 0 aromatic carbocycles. The summed E-state index contributed by atoms with van der Waals surface area (Å²) in [5, 5.41) is 0. The number of esters is 3. The molecule has 0 unspecified atom stereocenters. The van der Waals surface area contributed by atoms with Crippen molar-refractivity contribution in [3.05, 3.63) is 0 Å². The maximum absolute atomic E-state index is 13.1. The monoisotopic (exact) mass is 556 g/mol. The molecule has 0 aliphatic heterocycles. The lowest BCUT2D eigenvalue weighted by atomic mass is 9.95. The molecule has 8 nitrogen and oxygen atoms in total. The van der Waals surface area contributed by atoms with Gasteiger partial charge in [-0.25, -0.2) is 4.79 Å². The van der Waals surface area contributed by atoms with Gasteiger partial charge in [0, 0.05) is 0 Å². The molecule has 8 heteroatoms. The number of rotatable bonds is 28. The van der Waals surface area contributed by atoms with Gasteiger partial charge < -0.3 is 18.9 Å². The van der Waals surface area contributed by atoms with Crippen molar-refractivity contribution in [2.24, 2.45) is 0 Å². The molecule has 0 atom stereocenters. The van der Waals surface area contributed by atoms with E-state index in [-0.39, 0.29) is 26.3 Å². The Bertz CT molecular complexity index is 602. The van der Waals surface area contributed by atoms with Crippen molar-refractivity contribution in [1.82, 2.24) is 0 Å². The van der Waals surface area contributed by atoms with Crippen molar-refractivity contribution in [2.75, 3.05) is 19.8 Å². The van der Waals surface area contributed by atoms with Crippen molar-refractivity contribution in [2.45, 2.75) is 155 Å². The molecule has 0 radical (unpaired) electrons. The number of unbranched alkanes of at least 4 members (excludes halogenated alkanes) is 15. The van der Waals surface area contributed by atoms with E-state index in [0.29, 0.717) is 19.3 Å². The quantitative estimate of drug-likeness (QED) is 0.0425. The first-order chi connectivity index (χ1) is 19.0. The Morgan fingerprint density at radius 1 is 0.513 bits per heavy atom. The highest BCUT2D eigenvalue weighted by molar-refractivity contribution is 5.91. The van der Waals surface area contributed by atoms with Gasteiger partial charge in [0.2, 0.25) is 5.60 Å². The normalized spacial score (nSPS) is 11.2. The van der Waals surface area contributed by atoms with E-state index in [4.69, 9.17) is 18.9 Å². The highest BCUT2D eigenvalue weighted by Crippen LogP contribution is 2.25. The maximum Gasteiger partial charge on any atom is 0.351 e. The first-order valence-electron chi connectivity index (χ1n) is 15.6. The van der Waals surface area contributed by atoms with Crippen LogP contribution in [0.2, 0.25) is 0 Å². The lowest BCUT2D eigenvalue weighted by Gasteiger charge is -2.28. The maximum atomic E-state index is 13.1. The van der Waals surface area contributed by atoms with Crippen LogP contribution < -0.4 is 0 Å². The molecule has 0 heterocycles. The number of carbonyl (C=O) groups excluding carboxylic acids is 4. The summed E-state index contributed by atoms with van der Waals surface area (Å²) in [5.74, 6) is -2.35. The molecule has 0 aromatic rings. The molecule has 0 bridgehead atoms. The highest BCUT2D eigenvalue weighted by atomic mass is 16.6. The zero-order valence-electron chi connectivity index (χ0n) is 25.1. The molecular formula is C31H56O8. The van der Waals surface area contributed by atoms with Crippen LogP contribution in [0, 0.1) is 0 Å². The summed E-state index contributed by atoms with van der Waals surface area (Å²) in [7, 11) is 0. The Balaban J connectivity index is 4.99. The molecule has 0 aliphatic rings. The Labute approximate surface area is 237 Å². The van der Waals surface area contributed by atoms with Crippen molar-refractivity contribution in [3.63, 3.8) is 0 Å². The van der Waals surface area contributed by atoms with Crippen molar-refractivity contribution in [1.29, 1.82) is 0 Å². The van der Waals surface area contributed by atoms with Gasteiger partial charge in [0.25, 0.3) is 6.47 Å². The second-order valence-corrected chi connectivity index (χ2v) is 10.4. The molecule has 0 fully saturated rings. The van der Waals surface area contributed by atoms with Crippen LogP contribution in [0.5, 0.6) is 0 Å². The van der Waals surface area contributed by atoms with Gasteiger partial charge in [-0.05, 0) is 19.3 Å². The zero-order chi connectivity index (χ0) is 29.0. The Kier molecular flexibility index (Phi) is 24.7. The highest BCUT2D eigenvalue weighted by Gasteiger charge is 2.47. The molecule has 228 valence electrons. The molecule has 0 N–H and O–H groups in total. The number of hydrogen-bond donors (Lipinski definition) is 0. The number of ether oxygens (including phenoxy) is 4. The fourth-order valence-electron chi connectivity index (χ4n) is 4.31. The van der Waals surface area contributed by atoms with Crippen LogP contribution in [0.1, 0.15) is 149 Å². The molecule has 0 aliphatic carbocycles. The van der Waals surface area contributed by atoms with Crippen LogP contribution in [0.3, 0.4) is 0 Å². The summed E-state index contributed by atoms with van der Waals surface area (Å²) in [6.07, 6.45) is 17.2. The van der Waals surface area contributed by atoms with Crippen molar-refractivity contribution in [3.8, 4) is 0 Å². The molecule has 0 spiro atoms. The molecule has 0 aromatic heterocycles. The van der Waals surface area contributed by atoms with Gasteiger partial charge in [-0.3, -0.25) is 14.4 Å². The summed E-state index contributed by atoms with van der Waals surface area (Å²) in [5.41, 5.74) is -2.10. The van der Waals surface area contributed by atoms with Crippen LogP contribution in [-0.2, 0) is 38.1 Å². The molecule has 39 heavy (non-hydrogen) atoms. The first-order valence-corrected chi connectivity index (χ1v) is 15.6. The topological polar surface area (TPSA) is 105 Å². The van der Waals surface area contributed by atoms with Gasteiger partial charge >= 0.3 is 17.9 Å². The van der Waals surface area contributed by atoms with E-state index in [1.165, 1.54) is 12.8 Å². The summed E-state index contributed by atoms with van der Waals surface area (Å²) >= 11 is 0. The molecule has 0 amide bonds. The average molecular weight is 557 g/mol. The lowest BCUT2D eigenvalue weighted by molar-refractivity contribution is -0.185. The number of carbonyl (C=O) groups is 4. The van der Waals surface area contributed by atoms with Crippen molar-refractivity contribution >= 4 is 24.4 Å². The van der Waals surface area contributed by atoms with Gasteiger partial charge in [-0.2, -0.15) is 0 Å². The minimum Gasteiger partial charge on any atom is -0.466 e. The zero-order valence-corrected chi connectivity index (χ0v) is 25.1. The average Bonchev–Trinajstić information content (AvgIpc) is 2.91. The Hall–Kier alpha value is -2.12. The van der Waals surface area contributed by atoms with E-state index in [1.54, 1.807) is 0 Å². The minimum absolute atomic E-state index is 0.0774. The largest absolute Gasteiger partial charge is 0.466 e. The fourth-order valence-corrected chi connectivity index (χ4v) is 4.31. The predicted molar refractivity (Wildman–Crippen MR) is 152 cm³/mol. The van der Waals surface area contributed by atoms with Crippen LogP contribution in [0.25, 0.3) is 0 Å². The summed E-state index contributed by atoms with van der Waals surface area (Å²) in [4.78, 5) is 49.8. The summed E-state index contributed by atoms with van der Waals surface area (Å²) in [6.45, 7) is 7.06. The third kappa shape index (κ3) is 20.4. The SMILES string of the molecule is CCCCCCCCOC(=O)CC(CC(=O)OCCCCCCCC)(OC=O)C(=O)OCCCCCCCC. The molecule has 0 saturated carbocycles. The Morgan fingerprint density at radius 3 is 1.21 bits per heavy atom. The van der Waals surface area contributed by atoms with Gasteiger partial charge in [-0.1, -0.05) is 117 Å². The minimum atomic E-state index is -2.10. The summed E-state index contributed by atoms with van der Waals surface area (Å²) in [6, 6.07) is 0. The van der Waals surface area contributed by atoms with Gasteiger partial charge in [-0.15, -0.1) is 0 Å². The van der Waals surface area contributed by atoms with Crippen LogP contribution in [0.15, 0.2) is 0 Å². The second kappa shape index (κ2) is 26.1. The van der Waals surface area contributed by atoms with E-state index >= 15 is 0 Å². The Morgan fingerprint density at radius 2 is 0.846 bits per heavy atom.